The van der Waals surface area contributed by atoms with Gasteiger partial charge in [-0.15, -0.1) is 0 Å². The van der Waals surface area contributed by atoms with Crippen LogP contribution in [0.25, 0.3) is 0 Å². The number of hydrogen-bond donors (Lipinski definition) is 1. The van der Waals surface area contributed by atoms with Crippen molar-refractivity contribution in [3.63, 3.8) is 0 Å². The Balaban J connectivity index is 1.59. The van der Waals surface area contributed by atoms with Crippen molar-refractivity contribution in [1.29, 1.82) is 0 Å². The molecule has 1 N–H and O–H groups in total. The minimum Gasteiger partial charge on any atom is -0.267 e. The number of carbonyl (C=O) groups is 1. The number of rotatable bonds is 4. The van der Waals surface area contributed by atoms with Crippen LogP contribution in [0.5, 0.6) is 0 Å². The van der Waals surface area contributed by atoms with Gasteiger partial charge in [-0.05, 0) is 36.4 Å². The molecule has 0 unspecified atom stereocenters. The number of halogens is 1. The quantitative estimate of drug-likeness (QED) is 0.814. The third-order valence-corrected chi connectivity index (χ3v) is 6.27. The van der Waals surface area contributed by atoms with E-state index in [1.54, 1.807) is 54.6 Å². The second-order valence-electron chi connectivity index (χ2n) is 5.84. The smallest absolute Gasteiger partial charge is 0.267 e. The summed E-state index contributed by atoms with van der Waals surface area (Å²) in [5.41, 5.74) is 3.74. The Morgan fingerprint density at radius 3 is 2.23 bits per heavy atom. The molecule has 0 radical (unpaired) electrons. The molecule has 1 aliphatic heterocycles. The molecule has 26 heavy (non-hydrogen) atoms. The van der Waals surface area contributed by atoms with E-state index in [4.69, 9.17) is 11.6 Å². The normalized spacial score (nSPS) is 15.5. The van der Waals surface area contributed by atoms with E-state index in [0.29, 0.717) is 36.5 Å². The molecule has 0 aromatic heterocycles. The van der Waals surface area contributed by atoms with Crippen LogP contribution in [0.3, 0.4) is 0 Å². The Morgan fingerprint density at radius 1 is 1.00 bits per heavy atom. The van der Waals surface area contributed by atoms with Crippen molar-refractivity contribution < 1.29 is 13.2 Å². The van der Waals surface area contributed by atoms with E-state index in [1.165, 1.54) is 4.31 Å². The monoisotopic (exact) mass is 391 g/mol. The molecule has 3 rings (SSSR count). The summed E-state index contributed by atoms with van der Waals surface area (Å²) in [5.74, 6) is -0.325. The molecule has 1 fully saturated rings. The van der Waals surface area contributed by atoms with E-state index < -0.39 is 10.0 Å². The summed E-state index contributed by atoms with van der Waals surface area (Å²) >= 11 is 5.80. The van der Waals surface area contributed by atoms with Gasteiger partial charge < -0.3 is 0 Å². The summed E-state index contributed by atoms with van der Waals surface area (Å²) in [6.45, 7) is 0.680. The molecule has 1 heterocycles. The summed E-state index contributed by atoms with van der Waals surface area (Å²) in [6, 6.07) is 14.9. The fraction of sp³-hybridized carbons (Fsp3) is 0.222. The van der Waals surface area contributed by atoms with Crippen molar-refractivity contribution in [2.75, 3.05) is 13.1 Å². The summed E-state index contributed by atoms with van der Waals surface area (Å²) < 4.78 is 26.6. The van der Waals surface area contributed by atoms with Crippen LogP contribution >= 0.6 is 11.6 Å². The van der Waals surface area contributed by atoms with Crippen LogP contribution in [0.2, 0.25) is 5.02 Å². The van der Waals surface area contributed by atoms with Gasteiger partial charge in [0.2, 0.25) is 10.0 Å². The summed E-state index contributed by atoms with van der Waals surface area (Å²) in [4.78, 5) is 12.3. The second-order valence-corrected chi connectivity index (χ2v) is 8.22. The van der Waals surface area contributed by atoms with Gasteiger partial charge in [-0.3, -0.25) is 4.79 Å². The molecule has 0 atom stereocenters. The molecule has 1 aliphatic rings. The van der Waals surface area contributed by atoms with Crippen molar-refractivity contribution in [2.45, 2.75) is 17.7 Å². The number of hydrazone groups is 1. The van der Waals surface area contributed by atoms with Gasteiger partial charge in [0.15, 0.2) is 0 Å². The first kappa shape index (κ1) is 18.6. The molecule has 136 valence electrons. The lowest BCUT2D eigenvalue weighted by Gasteiger charge is -2.26. The van der Waals surface area contributed by atoms with E-state index >= 15 is 0 Å². The largest absolute Gasteiger partial charge is 0.271 e. The van der Waals surface area contributed by atoms with Gasteiger partial charge in [-0.1, -0.05) is 29.8 Å². The number of carbonyl (C=O) groups excluding carboxylic acids is 1. The number of benzene rings is 2. The predicted molar refractivity (Wildman–Crippen MR) is 101 cm³/mol. The van der Waals surface area contributed by atoms with Crippen molar-refractivity contribution >= 4 is 33.2 Å². The topological polar surface area (TPSA) is 78.8 Å². The molecule has 2 aromatic carbocycles. The van der Waals surface area contributed by atoms with E-state index in [1.807, 2.05) is 0 Å². The summed E-state index contributed by atoms with van der Waals surface area (Å²) in [7, 11) is -3.49. The maximum Gasteiger partial charge on any atom is 0.271 e. The summed E-state index contributed by atoms with van der Waals surface area (Å²) in [6.07, 6.45) is 0.958. The number of amides is 1. The van der Waals surface area contributed by atoms with E-state index in [-0.39, 0.29) is 10.8 Å². The molecule has 1 amide bonds. The van der Waals surface area contributed by atoms with Crippen LogP contribution in [-0.4, -0.2) is 37.4 Å². The minimum atomic E-state index is -3.49. The van der Waals surface area contributed by atoms with Crippen LogP contribution in [0.1, 0.15) is 23.2 Å². The van der Waals surface area contributed by atoms with Crippen molar-refractivity contribution in [2.24, 2.45) is 5.10 Å². The molecule has 2 aromatic rings. The second kappa shape index (κ2) is 7.99. The Bertz CT molecular complexity index is 902. The van der Waals surface area contributed by atoms with Crippen molar-refractivity contribution in [3.8, 4) is 0 Å². The first-order valence-electron chi connectivity index (χ1n) is 8.13. The maximum atomic E-state index is 12.6. The van der Waals surface area contributed by atoms with Gasteiger partial charge in [-0.2, -0.15) is 9.41 Å². The number of piperidine rings is 1. The first-order valence-corrected chi connectivity index (χ1v) is 9.95. The molecule has 6 nitrogen and oxygen atoms in total. The number of nitrogens with zero attached hydrogens (tertiary/aromatic N) is 2. The molecule has 1 saturated heterocycles. The Morgan fingerprint density at radius 2 is 1.62 bits per heavy atom. The first-order chi connectivity index (χ1) is 12.5. The van der Waals surface area contributed by atoms with E-state index in [9.17, 15) is 13.2 Å². The lowest BCUT2D eigenvalue weighted by Crippen LogP contribution is -2.39. The molecular weight excluding hydrogens is 374 g/mol. The molecular formula is C18H18ClN3O3S. The van der Waals surface area contributed by atoms with Gasteiger partial charge in [0.1, 0.15) is 0 Å². The number of hydrogen-bond acceptors (Lipinski definition) is 4. The molecule has 0 bridgehead atoms. The minimum absolute atomic E-state index is 0.288. The molecule has 0 aliphatic carbocycles. The van der Waals surface area contributed by atoms with Gasteiger partial charge in [-0.25, -0.2) is 13.8 Å². The lowest BCUT2D eigenvalue weighted by molar-refractivity contribution is 0.0954. The van der Waals surface area contributed by atoms with Crippen LogP contribution in [0.15, 0.2) is 64.6 Å². The zero-order valence-corrected chi connectivity index (χ0v) is 15.5. The highest BCUT2D eigenvalue weighted by Crippen LogP contribution is 2.19. The van der Waals surface area contributed by atoms with Crippen LogP contribution in [0, 0.1) is 0 Å². The number of nitrogens with one attached hydrogen (secondary N) is 1. The van der Waals surface area contributed by atoms with E-state index in [0.717, 1.165) is 5.71 Å². The Hall–Kier alpha value is -2.22. The predicted octanol–water partition coefficient (Wildman–Crippen LogP) is 2.91. The summed E-state index contributed by atoms with van der Waals surface area (Å²) in [5, 5.41) is 4.69. The Kier molecular flexibility index (Phi) is 5.70. The number of sulfonamides is 1. The highest BCUT2D eigenvalue weighted by atomic mass is 35.5. The average molecular weight is 392 g/mol. The van der Waals surface area contributed by atoms with Crippen molar-refractivity contribution in [1.82, 2.24) is 9.73 Å². The van der Waals surface area contributed by atoms with Gasteiger partial charge in [0.05, 0.1) is 4.90 Å². The van der Waals surface area contributed by atoms with Crippen LogP contribution < -0.4 is 5.43 Å². The fourth-order valence-electron chi connectivity index (χ4n) is 2.63. The maximum absolute atomic E-state index is 12.6. The van der Waals surface area contributed by atoms with E-state index in [2.05, 4.69) is 10.5 Å². The van der Waals surface area contributed by atoms with Crippen LogP contribution in [-0.2, 0) is 10.0 Å². The van der Waals surface area contributed by atoms with Gasteiger partial charge >= 0.3 is 0 Å². The molecule has 8 heteroatoms. The van der Waals surface area contributed by atoms with Crippen LogP contribution in [0.4, 0.5) is 0 Å². The zero-order chi connectivity index (χ0) is 18.6. The molecule has 0 spiro atoms. The lowest BCUT2D eigenvalue weighted by atomic mass is 10.1. The fourth-order valence-corrected chi connectivity index (χ4v) is 4.22. The SMILES string of the molecule is O=C(NN=C1CCN(S(=O)(=O)c2ccccc2)CC1)c1ccc(Cl)cc1. The third-order valence-electron chi connectivity index (χ3n) is 4.10. The standard InChI is InChI=1S/C18H18ClN3O3S/c19-15-8-6-14(7-9-15)18(23)21-20-16-10-12-22(13-11-16)26(24,25)17-4-2-1-3-5-17/h1-9H,10-13H2,(H,21,23). The third kappa shape index (κ3) is 4.30. The highest BCUT2D eigenvalue weighted by Gasteiger charge is 2.27. The average Bonchev–Trinajstić information content (AvgIpc) is 2.67. The zero-order valence-electron chi connectivity index (χ0n) is 13.9. The van der Waals surface area contributed by atoms with Gasteiger partial charge in [0.25, 0.3) is 5.91 Å². The van der Waals surface area contributed by atoms with Gasteiger partial charge in [0, 0.05) is 42.2 Å². The molecule has 0 saturated carbocycles. The van der Waals surface area contributed by atoms with Crippen molar-refractivity contribution in [3.05, 3.63) is 65.2 Å². The Labute approximate surface area is 157 Å². The highest BCUT2D eigenvalue weighted by molar-refractivity contribution is 7.89.